The molecular weight excluding hydrogens is 567 g/mol. The molecule has 0 aliphatic heterocycles. The summed E-state index contributed by atoms with van der Waals surface area (Å²) in [6.45, 7) is 1.60. The number of hydrogen-bond donors (Lipinski definition) is 3. The Labute approximate surface area is 241 Å². The summed E-state index contributed by atoms with van der Waals surface area (Å²) in [5.41, 5.74) is 7.72. The largest absolute Gasteiger partial charge is 0.490 e. The lowest BCUT2D eigenvalue weighted by Gasteiger charge is -2.08. The highest BCUT2D eigenvalue weighted by molar-refractivity contribution is 7.90. The number of imidazole rings is 1. The number of H-pyrrole nitrogens is 1. The van der Waals surface area contributed by atoms with Crippen molar-refractivity contribution >= 4 is 26.8 Å². The van der Waals surface area contributed by atoms with Gasteiger partial charge in [0.2, 0.25) is 0 Å². The highest BCUT2D eigenvalue weighted by atomic mass is 32.2. The number of hydrogen-bond acceptors (Lipinski definition) is 5. The number of nitrogens with zero attached hydrogens (tertiary/aromatic N) is 1. The first kappa shape index (κ1) is 30.5. The van der Waals surface area contributed by atoms with E-state index in [-0.39, 0.29) is 0 Å². The summed E-state index contributed by atoms with van der Waals surface area (Å²) < 4.78 is 54.9. The molecule has 218 valence electrons. The van der Waals surface area contributed by atoms with Crippen molar-refractivity contribution in [1.29, 1.82) is 0 Å². The summed E-state index contributed by atoms with van der Waals surface area (Å²) in [7, 11) is -3.15. The van der Waals surface area contributed by atoms with Crippen LogP contribution in [0.4, 0.5) is 13.2 Å². The van der Waals surface area contributed by atoms with Crippen molar-refractivity contribution in [2.24, 2.45) is 0 Å². The maximum atomic E-state index is 11.6. The van der Waals surface area contributed by atoms with Crippen molar-refractivity contribution in [3.05, 3.63) is 108 Å². The van der Waals surface area contributed by atoms with Gasteiger partial charge in [-0.1, -0.05) is 66.7 Å². The number of aromatic amines is 1. The maximum Gasteiger partial charge on any atom is 0.490 e. The Hall–Kier alpha value is -4.48. The van der Waals surface area contributed by atoms with Crippen LogP contribution in [0.2, 0.25) is 0 Å². The number of aromatic nitrogens is 2. The molecule has 0 spiro atoms. The summed E-state index contributed by atoms with van der Waals surface area (Å²) in [4.78, 5) is 17.4. The zero-order chi connectivity index (χ0) is 30.3. The number of rotatable bonds is 8. The van der Waals surface area contributed by atoms with Crippen molar-refractivity contribution in [3.8, 4) is 22.5 Å². The summed E-state index contributed by atoms with van der Waals surface area (Å²) in [5, 5.41) is 10.6. The molecule has 7 nitrogen and oxygen atoms in total. The number of fused-ring (bicyclic) bond motifs is 1. The highest BCUT2D eigenvalue weighted by Crippen LogP contribution is 2.26. The van der Waals surface area contributed by atoms with E-state index in [1.807, 2.05) is 36.4 Å². The number of carboxylic acids is 1. The lowest BCUT2D eigenvalue weighted by molar-refractivity contribution is -0.192. The van der Waals surface area contributed by atoms with Gasteiger partial charge in [0.25, 0.3) is 0 Å². The quantitative estimate of drug-likeness (QED) is 0.183. The van der Waals surface area contributed by atoms with E-state index in [1.165, 1.54) is 11.8 Å². The second-order valence-corrected chi connectivity index (χ2v) is 11.5. The molecule has 5 rings (SSSR count). The Balaban J connectivity index is 0.000000517. The minimum absolute atomic E-state index is 0.359. The molecular formula is C31H28F3N3O4S. The number of benzene rings is 4. The van der Waals surface area contributed by atoms with Crippen LogP contribution in [-0.2, 0) is 27.6 Å². The van der Waals surface area contributed by atoms with E-state index >= 15 is 0 Å². The third-order valence-electron chi connectivity index (χ3n) is 6.33. The van der Waals surface area contributed by atoms with Crippen LogP contribution in [0.15, 0.2) is 102 Å². The van der Waals surface area contributed by atoms with Gasteiger partial charge in [0.05, 0.1) is 15.9 Å². The van der Waals surface area contributed by atoms with Crippen LogP contribution in [0.1, 0.15) is 11.1 Å². The number of alkyl halides is 3. The number of para-hydroxylation sites is 2. The van der Waals surface area contributed by atoms with Gasteiger partial charge in [-0.15, -0.1) is 0 Å². The molecule has 42 heavy (non-hydrogen) atoms. The first-order valence-corrected chi connectivity index (χ1v) is 14.7. The van der Waals surface area contributed by atoms with Gasteiger partial charge in [0.15, 0.2) is 9.84 Å². The Morgan fingerprint density at radius 2 is 1.48 bits per heavy atom. The summed E-state index contributed by atoms with van der Waals surface area (Å²) in [6, 6.07) is 32.2. The molecule has 4 aromatic carbocycles. The van der Waals surface area contributed by atoms with E-state index in [2.05, 4.69) is 58.8 Å². The van der Waals surface area contributed by atoms with Gasteiger partial charge in [0, 0.05) is 18.4 Å². The zero-order valence-electron chi connectivity index (χ0n) is 22.5. The van der Waals surface area contributed by atoms with E-state index in [9.17, 15) is 21.6 Å². The van der Waals surface area contributed by atoms with Gasteiger partial charge >= 0.3 is 12.1 Å². The molecule has 5 aromatic rings. The first-order chi connectivity index (χ1) is 19.9. The van der Waals surface area contributed by atoms with Gasteiger partial charge in [-0.2, -0.15) is 13.2 Å². The number of sulfone groups is 1. The minimum Gasteiger partial charge on any atom is -0.475 e. The van der Waals surface area contributed by atoms with Crippen molar-refractivity contribution in [3.63, 3.8) is 0 Å². The number of nitrogens with one attached hydrogen (secondary N) is 2. The molecule has 3 N–H and O–H groups in total. The van der Waals surface area contributed by atoms with Crippen LogP contribution in [0.5, 0.6) is 0 Å². The SMILES string of the molecule is CS(=O)(=O)c1ccc(CCNCc2ccc(-c3cccc(-c4nc5ccccc5[nH]4)c3)cc2)cc1.O=C(O)C(F)(F)F. The van der Waals surface area contributed by atoms with Crippen LogP contribution >= 0.6 is 0 Å². The number of carboxylic acid groups (broad SMARTS) is 1. The average Bonchev–Trinajstić information content (AvgIpc) is 3.40. The van der Waals surface area contributed by atoms with Crippen LogP contribution in [-0.4, -0.2) is 48.4 Å². The molecule has 1 aromatic heterocycles. The average molecular weight is 596 g/mol. The van der Waals surface area contributed by atoms with Crippen LogP contribution in [0.25, 0.3) is 33.5 Å². The van der Waals surface area contributed by atoms with Crippen molar-refractivity contribution in [2.45, 2.75) is 24.0 Å². The van der Waals surface area contributed by atoms with Gasteiger partial charge in [-0.3, -0.25) is 0 Å². The number of halogens is 3. The second kappa shape index (κ2) is 13.0. The van der Waals surface area contributed by atoms with E-state index in [0.29, 0.717) is 4.90 Å². The molecule has 11 heteroatoms. The molecule has 0 aliphatic carbocycles. The fraction of sp³-hybridized carbons (Fsp3) is 0.161. The molecule has 0 unspecified atom stereocenters. The Morgan fingerprint density at radius 3 is 2.10 bits per heavy atom. The standard InChI is InChI=1S/C29H27N3O2S.C2HF3O2/c1-35(33,34)26-15-11-21(12-16-26)17-18-30-20-22-9-13-23(14-10-22)24-5-4-6-25(19-24)29-31-27-7-2-3-8-28(27)32-29;3-2(4,5)1(6)7/h2-16,19,30H,17-18,20H2,1H3,(H,31,32);(H,6,7). The van der Waals surface area contributed by atoms with Crippen molar-refractivity contribution < 1.29 is 31.5 Å². The van der Waals surface area contributed by atoms with Crippen molar-refractivity contribution in [1.82, 2.24) is 15.3 Å². The number of carbonyl (C=O) groups is 1. The predicted molar refractivity (Wildman–Crippen MR) is 156 cm³/mol. The van der Waals surface area contributed by atoms with E-state index in [1.54, 1.807) is 12.1 Å². The van der Waals surface area contributed by atoms with Crippen LogP contribution in [0.3, 0.4) is 0 Å². The molecule has 0 fully saturated rings. The van der Waals surface area contributed by atoms with E-state index in [4.69, 9.17) is 14.9 Å². The maximum absolute atomic E-state index is 11.6. The lowest BCUT2D eigenvalue weighted by atomic mass is 10.0. The van der Waals surface area contributed by atoms with Crippen LogP contribution < -0.4 is 5.32 Å². The van der Waals surface area contributed by atoms with E-state index < -0.39 is 22.0 Å². The molecule has 1 heterocycles. The molecule has 0 amide bonds. The minimum atomic E-state index is -5.08. The fourth-order valence-electron chi connectivity index (χ4n) is 4.12. The number of aliphatic carboxylic acids is 1. The molecule has 0 atom stereocenters. The second-order valence-electron chi connectivity index (χ2n) is 9.53. The normalized spacial score (nSPS) is 11.6. The summed E-state index contributed by atoms with van der Waals surface area (Å²) in [6.07, 6.45) is -3.01. The molecule has 0 saturated carbocycles. The monoisotopic (exact) mass is 595 g/mol. The Bertz CT molecular complexity index is 1730. The lowest BCUT2D eigenvalue weighted by Crippen LogP contribution is -2.21. The topological polar surface area (TPSA) is 112 Å². The highest BCUT2D eigenvalue weighted by Gasteiger charge is 2.38. The van der Waals surface area contributed by atoms with Gasteiger partial charge in [-0.25, -0.2) is 18.2 Å². The molecule has 0 radical (unpaired) electrons. The molecule has 0 aliphatic rings. The van der Waals surface area contributed by atoms with E-state index in [0.717, 1.165) is 58.6 Å². The van der Waals surface area contributed by atoms with Crippen molar-refractivity contribution in [2.75, 3.05) is 12.8 Å². The smallest absolute Gasteiger partial charge is 0.475 e. The third kappa shape index (κ3) is 8.27. The zero-order valence-corrected chi connectivity index (χ0v) is 23.3. The molecule has 0 bridgehead atoms. The van der Waals surface area contributed by atoms with Gasteiger partial charge in [0.1, 0.15) is 5.82 Å². The first-order valence-electron chi connectivity index (χ1n) is 12.8. The Kier molecular flexibility index (Phi) is 9.44. The predicted octanol–water partition coefficient (Wildman–Crippen LogP) is 6.27. The molecule has 0 saturated heterocycles. The third-order valence-corrected chi connectivity index (χ3v) is 7.45. The summed E-state index contributed by atoms with van der Waals surface area (Å²) >= 11 is 0. The van der Waals surface area contributed by atoms with Crippen LogP contribution in [0, 0.1) is 0 Å². The van der Waals surface area contributed by atoms with Gasteiger partial charge in [-0.05, 0) is 65.6 Å². The Morgan fingerprint density at radius 1 is 0.857 bits per heavy atom. The fourth-order valence-corrected chi connectivity index (χ4v) is 4.75. The van der Waals surface area contributed by atoms with Gasteiger partial charge < -0.3 is 15.4 Å². The summed E-state index contributed by atoms with van der Waals surface area (Å²) in [5.74, 6) is -1.88.